The molecule has 15 heavy (non-hydrogen) atoms. The largest absolute Gasteiger partial charge is 0.505 e. The van der Waals surface area contributed by atoms with Gasteiger partial charge >= 0.3 is 5.97 Å². The van der Waals surface area contributed by atoms with Crippen LogP contribution in [0.15, 0.2) is 4.21 Å². The average molecular weight is 267 g/mol. The lowest BCUT2D eigenvalue weighted by atomic mass is 10.4. The number of carbonyl (C=O) groups is 2. The predicted octanol–water partition coefficient (Wildman–Crippen LogP) is 2.53. The molecule has 4 nitrogen and oxygen atoms in total. The van der Waals surface area contributed by atoms with E-state index in [0.717, 1.165) is 23.1 Å². The number of rotatable bonds is 2. The van der Waals surface area contributed by atoms with Crippen LogP contribution in [0.2, 0.25) is 5.02 Å². The third kappa shape index (κ3) is 2.64. The van der Waals surface area contributed by atoms with Crippen molar-refractivity contribution in [3.63, 3.8) is 0 Å². The summed E-state index contributed by atoms with van der Waals surface area (Å²) >= 11 is 7.54. The summed E-state index contributed by atoms with van der Waals surface area (Å²) in [5.74, 6) is -1.01. The molecule has 0 aromatic carbocycles. The zero-order valence-electron chi connectivity index (χ0n) is 7.87. The quantitative estimate of drug-likeness (QED) is 0.658. The van der Waals surface area contributed by atoms with Crippen LogP contribution < -0.4 is 0 Å². The van der Waals surface area contributed by atoms with Crippen molar-refractivity contribution in [3.8, 4) is 5.75 Å². The smallest absolute Gasteiger partial charge is 0.351 e. The first-order chi connectivity index (χ1) is 6.97. The number of carbonyl (C=O) groups excluding carboxylic acids is 2. The first-order valence-electron chi connectivity index (χ1n) is 3.75. The van der Waals surface area contributed by atoms with Crippen LogP contribution in [-0.2, 0) is 9.53 Å². The second-order valence-corrected chi connectivity index (χ2v) is 5.31. The molecule has 0 spiro atoms. The van der Waals surface area contributed by atoms with Gasteiger partial charge in [-0.1, -0.05) is 11.6 Å². The molecule has 1 N–H and O–H groups in total. The summed E-state index contributed by atoms with van der Waals surface area (Å²) in [7, 11) is 1.20. The molecule has 0 saturated carbocycles. The molecule has 0 aliphatic heterocycles. The molecule has 0 unspecified atom stereocenters. The van der Waals surface area contributed by atoms with Gasteiger partial charge in [0.15, 0.2) is 15.7 Å². The van der Waals surface area contributed by atoms with E-state index in [0.29, 0.717) is 4.21 Å². The van der Waals surface area contributed by atoms with Gasteiger partial charge in [0.05, 0.1) is 11.3 Å². The van der Waals surface area contributed by atoms with E-state index in [9.17, 15) is 14.7 Å². The number of methoxy groups -OCH3 is 1. The maximum atomic E-state index is 11.2. The third-order valence-electron chi connectivity index (χ3n) is 1.40. The predicted molar refractivity (Wildman–Crippen MR) is 58.9 cm³/mol. The van der Waals surface area contributed by atoms with Gasteiger partial charge < -0.3 is 9.84 Å². The Kier molecular flexibility index (Phi) is 4.01. The first-order valence-corrected chi connectivity index (χ1v) is 5.76. The lowest BCUT2D eigenvalue weighted by molar-refractivity contribution is -0.109. The summed E-state index contributed by atoms with van der Waals surface area (Å²) < 4.78 is 4.84. The zero-order chi connectivity index (χ0) is 11.6. The van der Waals surface area contributed by atoms with E-state index in [1.54, 1.807) is 0 Å². The number of ether oxygens (including phenoxy) is 1. The molecule has 0 amide bonds. The summed E-state index contributed by atoms with van der Waals surface area (Å²) in [6.07, 6.45) is 0. The van der Waals surface area contributed by atoms with Crippen molar-refractivity contribution in [1.82, 2.24) is 0 Å². The molecular formula is C8H7ClO4S2. The Morgan fingerprint density at radius 1 is 1.53 bits per heavy atom. The maximum absolute atomic E-state index is 11.2. The Morgan fingerprint density at radius 3 is 2.60 bits per heavy atom. The second kappa shape index (κ2) is 4.87. The van der Waals surface area contributed by atoms with Crippen LogP contribution in [0.1, 0.15) is 16.6 Å². The van der Waals surface area contributed by atoms with E-state index in [4.69, 9.17) is 11.6 Å². The number of hydrogen-bond donors (Lipinski definition) is 1. The van der Waals surface area contributed by atoms with Gasteiger partial charge in [-0.05, 0) is 11.8 Å². The number of aromatic hydroxyl groups is 1. The molecule has 0 radical (unpaired) electrons. The Morgan fingerprint density at radius 2 is 2.13 bits per heavy atom. The van der Waals surface area contributed by atoms with Crippen LogP contribution in [0.3, 0.4) is 0 Å². The topological polar surface area (TPSA) is 63.6 Å². The molecule has 0 atom stereocenters. The molecule has 7 heteroatoms. The van der Waals surface area contributed by atoms with Gasteiger partial charge in [0, 0.05) is 6.92 Å². The average Bonchev–Trinajstić information content (AvgIpc) is 2.44. The fourth-order valence-electron chi connectivity index (χ4n) is 0.809. The van der Waals surface area contributed by atoms with E-state index >= 15 is 0 Å². The van der Waals surface area contributed by atoms with Gasteiger partial charge in [0.25, 0.3) is 0 Å². The molecule has 0 saturated heterocycles. The van der Waals surface area contributed by atoms with Gasteiger partial charge in [-0.15, -0.1) is 11.3 Å². The molecule has 82 valence electrons. The number of halogens is 1. The van der Waals surface area contributed by atoms with E-state index in [1.165, 1.54) is 14.0 Å². The monoisotopic (exact) mass is 266 g/mol. The molecule has 0 fully saturated rings. The number of thiophene rings is 1. The highest BCUT2D eigenvalue weighted by Crippen LogP contribution is 2.44. The fourth-order valence-corrected chi connectivity index (χ4v) is 3.14. The van der Waals surface area contributed by atoms with Crippen LogP contribution in [0.4, 0.5) is 0 Å². The summed E-state index contributed by atoms with van der Waals surface area (Å²) in [5.41, 5.74) is 0. The van der Waals surface area contributed by atoms with Crippen molar-refractivity contribution in [2.24, 2.45) is 0 Å². The van der Waals surface area contributed by atoms with Crippen LogP contribution in [0, 0.1) is 0 Å². The highest BCUT2D eigenvalue weighted by Gasteiger charge is 2.23. The molecule has 1 heterocycles. The summed E-state index contributed by atoms with van der Waals surface area (Å²) in [6, 6.07) is 0. The number of hydrogen-bond acceptors (Lipinski definition) is 6. The van der Waals surface area contributed by atoms with Crippen LogP contribution in [0.5, 0.6) is 5.75 Å². The second-order valence-electron chi connectivity index (χ2n) is 2.47. The molecule has 0 bridgehead atoms. The minimum atomic E-state index is -0.671. The van der Waals surface area contributed by atoms with E-state index < -0.39 is 5.97 Å². The highest BCUT2D eigenvalue weighted by molar-refractivity contribution is 8.15. The number of thioether (sulfide) groups is 1. The van der Waals surface area contributed by atoms with E-state index in [2.05, 4.69) is 4.74 Å². The Balaban J connectivity index is 3.12. The van der Waals surface area contributed by atoms with Crippen molar-refractivity contribution in [2.75, 3.05) is 7.11 Å². The number of esters is 1. The van der Waals surface area contributed by atoms with Crippen LogP contribution >= 0.6 is 34.7 Å². The lowest BCUT2D eigenvalue weighted by Gasteiger charge is -1.94. The molecular weight excluding hydrogens is 260 g/mol. The van der Waals surface area contributed by atoms with Crippen LogP contribution in [-0.4, -0.2) is 23.3 Å². The van der Waals surface area contributed by atoms with Gasteiger partial charge in [-0.3, -0.25) is 4.79 Å². The minimum Gasteiger partial charge on any atom is -0.505 e. The normalized spacial score (nSPS) is 10.1. The molecule has 1 aromatic rings. The van der Waals surface area contributed by atoms with Crippen LogP contribution in [0.25, 0.3) is 0 Å². The molecule has 1 rings (SSSR count). The van der Waals surface area contributed by atoms with Gasteiger partial charge in [-0.2, -0.15) is 0 Å². The Labute approximate surface area is 99.2 Å². The minimum absolute atomic E-state index is 0.00579. The van der Waals surface area contributed by atoms with Crippen molar-refractivity contribution < 1.29 is 19.4 Å². The van der Waals surface area contributed by atoms with E-state index in [-0.39, 0.29) is 20.8 Å². The van der Waals surface area contributed by atoms with Gasteiger partial charge in [0.1, 0.15) is 5.02 Å². The Hall–Kier alpha value is -0.720. The standard InChI is InChI=1S/C8H7ClO4S2/c1-3(10)14-8-4(9)5(11)6(15-8)7(12)13-2/h11H,1-2H3. The Bertz CT molecular complexity index is 413. The summed E-state index contributed by atoms with van der Waals surface area (Å²) in [4.78, 5) is 22.0. The fraction of sp³-hybridized carbons (Fsp3) is 0.250. The lowest BCUT2D eigenvalue weighted by Crippen LogP contribution is -1.97. The molecule has 1 aromatic heterocycles. The first kappa shape index (κ1) is 12.4. The zero-order valence-corrected chi connectivity index (χ0v) is 10.3. The van der Waals surface area contributed by atoms with Crippen molar-refractivity contribution in [1.29, 1.82) is 0 Å². The van der Waals surface area contributed by atoms with Crippen molar-refractivity contribution >= 4 is 45.8 Å². The summed E-state index contributed by atoms with van der Waals surface area (Å²) in [6.45, 7) is 1.37. The van der Waals surface area contributed by atoms with Crippen molar-refractivity contribution in [2.45, 2.75) is 11.1 Å². The molecule has 0 aliphatic rings. The van der Waals surface area contributed by atoms with Gasteiger partial charge in [-0.25, -0.2) is 4.79 Å². The molecule has 0 aliphatic carbocycles. The SMILES string of the molecule is COC(=O)c1sc(SC(C)=O)c(Cl)c1O. The summed E-state index contributed by atoms with van der Waals surface area (Å²) in [5, 5.41) is 9.33. The highest BCUT2D eigenvalue weighted by atomic mass is 35.5. The maximum Gasteiger partial charge on any atom is 0.351 e. The third-order valence-corrected chi connectivity index (χ3v) is 4.13. The van der Waals surface area contributed by atoms with Gasteiger partial charge in [0.2, 0.25) is 0 Å². The van der Waals surface area contributed by atoms with E-state index in [1.807, 2.05) is 0 Å². The van der Waals surface area contributed by atoms with Crippen molar-refractivity contribution in [3.05, 3.63) is 9.90 Å².